The fraction of sp³-hybridized carbons (Fsp3) is 0.481. The Morgan fingerprint density at radius 1 is 1.14 bits per heavy atom. The monoisotopic (exact) mass is 514 g/mol. The maximum absolute atomic E-state index is 13.6. The molecule has 0 bridgehead atoms. The van der Waals surface area contributed by atoms with E-state index in [0.717, 1.165) is 6.42 Å². The Balaban J connectivity index is 1.87. The molecular weight excluding hydrogens is 479 g/mol. The van der Waals surface area contributed by atoms with Gasteiger partial charge in [-0.1, -0.05) is 6.92 Å². The largest absolute Gasteiger partial charge is 0.381 e. The minimum Gasteiger partial charge on any atom is -0.381 e. The van der Waals surface area contributed by atoms with E-state index in [9.17, 15) is 23.6 Å². The van der Waals surface area contributed by atoms with E-state index in [4.69, 9.17) is 4.74 Å². The summed E-state index contributed by atoms with van der Waals surface area (Å²) in [5, 5.41) is 8.33. The lowest BCUT2D eigenvalue weighted by Gasteiger charge is -2.37. The van der Waals surface area contributed by atoms with Crippen molar-refractivity contribution in [1.29, 1.82) is 0 Å². The highest BCUT2D eigenvalue weighted by Gasteiger charge is 2.43. The molecule has 3 rings (SSSR count). The van der Waals surface area contributed by atoms with E-state index in [2.05, 4.69) is 16.0 Å². The van der Waals surface area contributed by atoms with Crippen molar-refractivity contribution >= 4 is 29.2 Å². The molecule has 2 heterocycles. The molecule has 200 valence electrons. The van der Waals surface area contributed by atoms with Crippen LogP contribution in [0.5, 0.6) is 0 Å². The normalized spacial score (nSPS) is 15.5. The molecule has 1 aromatic heterocycles. The summed E-state index contributed by atoms with van der Waals surface area (Å²) in [7, 11) is 1.60. The van der Waals surface area contributed by atoms with Crippen molar-refractivity contribution in [2.24, 2.45) is 7.05 Å². The molecule has 2 aromatic rings. The van der Waals surface area contributed by atoms with Crippen LogP contribution in [0.3, 0.4) is 0 Å². The van der Waals surface area contributed by atoms with Gasteiger partial charge in [0.15, 0.2) is 0 Å². The van der Waals surface area contributed by atoms with Crippen LogP contribution in [0.2, 0.25) is 0 Å². The molecule has 3 amide bonds. The van der Waals surface area contributed by atoms with Gasteiger partial charge in [0.2, 0.25) is 5.91 Å². The third-order valence-electron chi connectivity index (χ3n) is 7.12. The van der Waals surface area contributed by atoms with Crippen molar-refractivity contribution in [3.63, 3.8) is 0 Å². The smallest absolute Gasteiger partial charge is 0.294 e. The highest BCUT2D eigenvalue weighted by atomic mass is 19.1. The van der Waals surface area contributed by atoms with Gasteiger partial charge in [-0.3, -0.25) is 19.2 Å². The molecule has 1 aromatic carbocycles. The fourth-order valence-corrected chi connectivity index (χ4v) is 4.52. The highest BCUT2D eigenvalue weighted by Crippen LogP contribution is 2.26. The van der Waals surface area contributed by atoms with Gasteiger partial charge >= 0.3 is 0 Å². The lowest BCUT2D eigenvalue weighted by molar-refractivity contribution is -0.136. The number of carbonyl (C=O) groups is 4. The molecule has 1 aliphatic rings. The number of amides is 3. The molecule has 0 aliphatic carbocycles. The van der Waals surface area contributed by atoms with Crippen LogP contribution >= 0.6 is 0 Å². The van der Waals surface area contributed by atoms with E-state index < -0.39 is 23.1 Å². The summed E-state index contributed by atoms with van der Waals surface area (Å²) in [5.74, 6) is -2.98. The van der Waals surface area contributed by atoms with E-state index in [0.29, 0.717) is 22.5 Å². The number of Topliss-reactive ketones (excluding diaryl/α,β-unsaturated/α-hetero) is 1. The summed E-state index contributed by atoms with van der Waals surface area (Å²) in [5.41, 5.74) is 0.651. The van der Waals surface area contributed by atoms with Gasteiger partial charge in [-0.05, 0) is 63.4 Å². The molecule has 1 unspecified atom stereocenters. The van der Waals surface area contributed by atoms with Gasteiger partial charge < -0.3 is 25.3 Å². The Morgan fingerprint density at radius 2 is 1.78 bits per heavy atom. The first-order chi connectivity index (χ1) is 17.4. The van der Waals surface area contributed by atoms with E-state index in [-0.39, 0.29) is 55.1 Å². The lowest BCUT2D eigenvalue weighted by atomic mass is 9.88. The van der Waals surface area contributed by atoms with Crippen LogP contribution in [0.4, 0.5) is 10.1 Å². The van der Waals surface area contributed by atoms with Crippen molar-refractivity contribution in [3.8, 4) is 0 Å². The van der Waals surface area contributed by atoms with Crippen molar-refractivity contribution in [2.45, 2.75) is 65.5 Å². The SMILES string of the molecule is CCC(C)NC(=O)C1(NC(=O)C(=O)c2c(C)c(C(=O)Nc3ccc(F)c(C)c3)c(C)n2C)CCOCC1. The molecule has 10 heteroatoms. The topological polar surface area (TPSA) is 119 Å². The third-order valence-corrected chi connectivity index (χ3v) is 7.12. The maximum atomic E-state index is 13.6. The van der Waals surface area contributed by atoms with E-state index in [1.54, 1.807) is 27.8 Å². The average molecular weight is 515 g/mol. The zero-order chi connectivity index (χ0) is 27.5. The number of ether oxygens (including phenoxy) is 1. The Kier molecular flexibility index (Phi) is 8.53. The Bertz CT molecular complexity index is 1230. The van der Waals surface area contributed by atoms with Crippen LogP contribution in [-0.4, -0.2) is 52.9 Å². The first-order valence-electron chi connectivity index (χ1n) is 12.4. The van der Waals surface area contributed by atoms with Crippen LogP contribution in [-0.2, 0) is 21.4 Å². The quantitative estimate of drug-likeness (QED) is 0.370. The summed E-state index contributed by atoms with van der Waals surface area (Å²) < 4.78 is 20.5. The molecule has 1 saturated heterocycles. The van der Waals surface area contributed by atoms with Gasteiger partial charge in [0.05, 0.1) is 11.3 Å². The summed E-state index contributed by atoms with van der Waals surface area (Å²) in [6.45, 7) is 9.22. The van der Waals surface area contributed by atoms with Crippen LogP contribution in [0, 0.1) is 26.6 Å². The molecule has 37 heavy (non-hydrogen) atoms. The second-order valence-corrected chi connectivity index (χ2v) is 9.67. The average Bonchev–Trinajstić information content (AvgIpc) is 3.08. The number of halogens is 1. The van der Waals surface area contributed by atoms with E-state index in [1.165, 1.54) is 22.8 Å². The number of nitrogens with one attached hydrogen (secondary N) is 3. The number of aromatic nitrogens is 1. The second-order valence-electron chi connectivity index (χ2n) is 9.67. The second kappa shape index (κ2) is 11.2. The Hall–Kier alpha value is -3.53. The maximum Gasteiger partial charge on any atom is 0.294 e. The molecule has 0 saturated carbocycles. The molecule has 3 N–H and O–H groups in total. The van der Waals surface area contributed by atoms with Gasteiger partial charge in [-0.25, -0.2) is 4.39 Å². The first kappa shape index (κ1) is 28.0. The summed E-state index contributed by atoms with van der Waals surface area (Å²) >= 11 is 0. The summed E-state index contributed by atoms with van der Waals surface area (Å²) in [6.07, 6.45) is 1.20. The van der Waals surface area contributed by atoms with E-state index >= 15 is 0 Å². The number of rotatable bonds is 8. The van der Waals surface area contributed by atoms with Crippen LogP contribution in [0.25, 0.3) is 0 Å². The number of hydrogen-bond acceptors (Lipinski definition) is 5. The predicted octanol–water partition coefficient (Wildman–Crippen LogP) is 3.10. The van der Waals surface area contributed by atoms with Crippen molar-refractivity contribution < 1.29 is 28.3 Å². The molecule has 1 fully saturated rings. The van der Waals surface area contributed by atoms with Crippen molar-refractivity contribution in [1.82, 2.24) is 15.2 Å². The van der Waals surface area contributed by atoms with Gasteiger partial charge in [0.25, 0.3) is 17.6 Å². The number of ketones is 1. The highest BCUT2D eigenvalue weighted by molar-refractivity contribution is 6.43. The summed E-state index contributed by atoms with van der Waals surface area (Å²) in [6, 6.07) is 4.13. The Labute approximate surface area is 216 Å². The number of carbonyl (C=O) groups excluding carboxylic acids is 4. The van der Waals surface area contributed by atoms with Crippen molar-refractivity contribution in [3.05, 3.63) is 52.1 Å². The number of anilines is 1. The number of nitrogens with zero attached hydrogens (tertiary/aromatic N) is 1. The zero-order valence-corrected chi connectivity index (χ0v) is 22.2. The lowest BCUT2D eigenvalue weighted by Crippen LogP contribution is -2.63. The minimum absolute atomic E-state index is 0.0555. The molecule has 1 aliphatic heterocycles. The van der Waals surface area contributed by atoms with Gasteiger partial charge in [-0.15, -0.1) is 0 Å². The number of aryl methyl sites for hydroxylation is 1. The number of hydrogen-bond donors (Lipinski definition) is 3. The van der Waals surface area contributed by atoms with Crippen LogP contribution in [0.1, 0.15) is 70.8 Å². The predicted molar refractivity (Wildman–Crippen MR) is 137 cm³/mol. The molecule has 9 nitrogen and oxygen atoms in total. The third kappa shape index (κ3) is 5.74. The zero-order valence-electron chi connectivity index (χ0n) is 22.2. The Morgan fingerprint density at radius 3 is 2.38 bits per heavy atom. The summed E-state index contributed by atoms with van der Waals surface area (Å²) in [4.78, 5) is 52.8. The van der Waals surface area contributed by atoms with Gasteiger partial charge in [0.1, 0.15) is 11.4 Å². The van der Waals surface area contributed by atoms with Crippen LogP contribution < -0.4 is 16.0 Å². The van der Waals surface area contributed by atoms with Gasteiger partial charge in [-0.2, -0.15) is 0 Å². The molecule has 0 spiro atoms. The fourth-order valence-electron chi connectivity index (χ4n) is 4.52. The van der Waals surface area contributed by atoms with Crippen LogP contribution in [0.15, 0.2) is 18.2 Å². The molecular formula is C27H35FN4O5. The molecule has 1 atom stereocenters. The van der Waals surface area contributed by atoms with E-state index in [1.807, 2.05) is 13.8 Å². The molecule has 0 radical (unpaired) electrons. The number of benzene rings is 1. The standard InChI is InChI=1S/C27H35FN4O5/c1-7-16(3)29-26(36)27(10-12-37-13-11-27)31-25(35)23(33)22-17(4)21(18(5)32(22)6)24(34)30-19-8-9-20(28)15(2)14-19/h8-9,14,16H,7,10-13H2,1-6H3,(H,29,36)(H,30,34)(H,31,35). The van der Waals surface area contributed by atoms with Gasteiger partial charge in [0, 0.05) is 50.5 Å². The first-order valence-corrected chi connectivity index (χ1v) is 12.4. The van der Waals surface area contributed by atoms with Crippen molar-refractivity contribution in [2.75, 3.05) is 18.5 Å². The minimum atomic E-state index is -1.26.